The molecule has 0 bridgehead atoms. The van der Waals surface area contributed by atoms with E-state index >= 15 is 0 Å². The summed E-state index contributed by atoms with van der Waals surface area (Å²) in [6, 6.07) is 19.9. The number of rotatable bonds is 9. The van der Waals surface area contributed by atoms with Gasteiger partial charge in [0.25, 0.3) is 5.91 Å². The molecule has 2 amide bonds. The molecule has 0 aliphatic rings. The number of methoxy groups -OCH3 is 1. The van der Waals surface area contributed by atoms with Crippen LogP contribution in [0, 0.1) is 5.82 Å². The van der Waals surface area contributed by atoms with Gasteiger partial charge < -0.3 is 15.4 Å². The number of tetrazole rings is 1. The first kappa shape index (κ1) is 23.6. The summed E-state index contributed by atoms with van der Waals surface area (Å²) >= 11 is 0. The topological polar surface area (TPSA) is 111 Å². The molecule has 10 heteroatoms. The van der Waals surface area contributed by atoms with Crippen LogP contribution in [0.4, 0.5) is 10.1 Å². The summed E-state index contributed by atoms with van der Waals surface area (Å²) in [6.45, 7) is 0.335. The van der Waals surface area contributed by atoms with Crippen LogP contribution in [-0.4, -0.2) is 45.7 Å². The van der Waals surface area contributed by atoms with Crippen molar-refractivity contribution in [3.05, 3.63) is 89.7 Å². The highest BCUT2D eigenvalue weighted by Crippen LogP contribution is 2.18. The summed E-state index contributed by atoms with van der Waals surface area (Å²) in [5, 5.41) is 17.8. The predicted octanol–water partition coefficient (Wildman–Crippen LogP) is 3.10. The molecule has 9 nitrogen and oxygen atoms in total. The minimum absolute atomic E-state index is 0.0770. The van der Waals surface area contributed by atoms with E-state index in [4.69, 9.17) is 4.74 Å². The van der Waals surface area contributed by atoms with E-state index in [0.717, 1.165) is 5.56 Å². The van der Waals surface area contributed by atoms with E-state index in [-0.39, 0.29) is 24.2 Å². The zero-order valence-electron chi connectivity index (χ0n) is 18.9. The normalized spacial score (nSPS) is 10.6. The van der Waals surface area contributed by atoms with Gasteiger partial charge in [0.15, 0.2) is 0 Å². The summed E-state index contributed by atoms with van der Waals surface area (Å²) in [5.41, 5.74) is 2.74. The Morgan fingerprint density at radius 3 is 2.37 bits per heavy atom. The van der Waals surface area contributed by atoms with E-state index < -0.39 is 0 Å². The quantitative estimate of drug-likeness (QED) is 0.386. The van der Waals surface area contributed by atoms with Gasteiger partial charge in [0.2, 0.25) is 11.7 Å². The van der Waals surface area contributed by atoms with Crippen molar-refractivity contribution in [2.45, 2.75) is 13.0 Å². The van der Waals surface area contributed by atoms with Crippen LogP contribution >= 0.6 is 0 Å². The van der Waals surface area contributed by atoms with Gasteiger partial charge in [0, 0.05) is 23.4 Å². The Hall–Kier alpha value is -4.60. The maximum atomic E-state index is 12.9. The van der Waals surface area contributed by atoms with Crippen LogP contribution in [-0.2, 0) is 17.8 Å². The molecule has 4 rings (SSSR count). The minimum atomic E-state index is -0.293. The van der Waals surface area contributed by atoms with Crippen LogP contribution in [0.25, 0.3) is 11.4 Å². The number of ether oxygens (including phenoxy) is 1. The van der Waals surface area contributed by atoms with Crippen molar-refractivity contribution in [3.8, 4) is 17.1 Å². The Labute approximate surface area is 200 Å². The fourth-order valence-corrected chi connectivity index (χ4v) is 3.26. The molecular formula is C25H23FN6O3. The number of carbonyl (C=O) groups excluding carboxylic acids is 2. The fraction of sp³-hybridized carbons (Fsp3) is 0.160. The average Bonchev–Trinajstić information content (AvgIpc) is 3.34. The summed E-state index contributed by atoms with van der Waals surface area (Å²) in [5.74, 6) is 0.243. The first-order valence-corrected chi connectivity index (χ1v) is 10.8. The number of aromatic nitrogens is 4. The van der Waals surface area contributed by atoms with Crippen molar-refractivity contribution in [1.29, 1.82) is 0 Å². The highest BCUT2D eigenvalue weighted by Gasteiger charge is 2.11. The Morgan fingerprint density at radius 1 is 0.971 bits per heavy atom. The number of hydrogen-bond donors (Lipinski definition) is 2. The fourth-order valence-electron chi connectivity index (χ4n) is 3.26. The molecule has 0 atom stereocenters. The molecule has 178 valence electrons. The number of anilines is 1. The number of amides is 2. The largest absolute Gasteiger partial charge is 0.497 e. The van der Waals surface area contributed by atoms with Crippen LogP contribution < -0.4 is 15.4 Å². The predicted molar refractivity (Wildman–Crippen MR) is 127 cm³/mol. The Kier molecular flexibility index (Phi) is 7.41. The van der Waals surface area contributed by atoms with E-state index in [9.17, 15) is 14.0 Å². The van der Waals surface area contributed by atoms with Crippen LogP contribution in [0.5, 0.6) is 5.75 Å². The van der Waals surface area contributed by atoms with Crippen molar-refractivity contribution in [1.82, 2.24) is 25.5 Å². The Morgan fingerprint density at radius 2 is 1.69 bits per heavy atom. The monoisotopic (exact) mass is 474 g/mol. The lowest BCUT2D eigenvalue weighted by molar-refractivity contribution is -0.122. The maximum absolute atomic E-state index is 12.9. The molecule has 35 heavy (non-hydrogen) atoms. The van der Waals surface area contributed by atoms with E-state index in [2.05, 4.69) is 26.0 Å². The number of halogens is 1. The van der Waals surface area contributed by atoms with Crippen LogP contribution in [0.1, 0.15) is 15.9 Å². The molecule has 0 aliphatic carbocycles. The molecule has 0 saturated carbocycles. The van der Waals surface area contributed by atoms with E-state index in [0.29, 0.717) is 41.4 Å². The summed E-state index contributed by atoms with van der Waals surface area (Å²) in [6.07, 6.45) is 0.587. The molecule has 0 fully saturated rings. The number of benzene rings is 3. The van der Waals surface area contributed by atoms with E-state index in [1.807, 2.05) is 0 Å². The van der Waals surface area contributed by atoms with Crippen molar-refractivity contribution >= 4 is 17.5 Å². The number of hydrogen-bond acceptors (Lipinski definition) is 6. The molecule has 0 saturated heterocycles. The molecule has 3 aromatic carbocycles. The standard InChI is InChI=1S/C25H23FN6O3/c1-35-22-12-6-19(7-13-22)25(34)28-21-10-4-18(5-11-21)24-29-31-32(30-24)16-23(33)27-15-14-17-2-8-20(26)9-3-17/h2-13H,14-16H2,1H3,(H,27,33)(H,28,34). The van der Waals surface area contributed by atoms with Gasteiger partial charge in [0.1, 0.15) is 18.1 Å². The first-order valence-electron chi connectivity index (χ1n) is 10.8. The van der Waals surface area contributed by atoms with Crippen LogP contribution in [0.2, 0.25) is 0 Å². The van der Waals surface area contributed by atoms with Crippen molar-refractivity contribution in [2.75, 3.05) is 19.0 Å². The maximum Gasteiger partial charge on any atom is 0.255 e. The van der Waals surface area contributed by atoms with Crippen molar-refractivity contribution < 1.29 is 18.7 Å². The molecule has 1 aromatic heterocycles. The minimum Gasteiger partial charge on any atom is -0.497 e. The molecule has 0 spiro atoms. The van der Waals surface area contributed by atoms with Crippen LogP contribution in [0.15, 0.2) is 72.8 Å². The van der Waals surface area contributed by atoms with Gasteiger partial charge in [-0.25, -0.2) is 4.39 Å². The van der Waals surface area contributed by atoms with Gasteiger partial charge in [-0.1, -0.05) is 12.1 Å². The third kappa shape index (κ3) is 6.47. The molecule has 1 heterocycles. The van der Waals surface area contributed by atoms with E-state index in [1.165, 1.54) is 16.9 Å². The van der Waals surface area contributed by atoms with Gasteiger partial charge in [-0.15, -0.1) is 10.2 Å². The average molecular weight is 474 g/mol. The Balaban J connectivity index is 1.28. The Bertz CT molecular complexity index is 1290. The number of nitrogens with zero attached hydrogens (tertiary/aromatic N) is 4. The number of nitrogens with one attached hydrogen (secondary N) is 2. The molecule has 0 radical (unpaired) electrons. The number of carbonyl (C=O) groups is 2. The highest BCUT2D eigenvalue weighted by molar-refractivity contribution is 6.04. The molecule has 4 aromatic rings. The van der Waals surface area contributed by atoms with Gasteiger partial charge in [0.05, 0.1) is 7.11 Å². The molecule has 0 unspecified atom stereocenters. The van der Waals surface area contributed by atoms with Crippen LogP contribution in [0.3, 0.4) is 0 Å². The zero-order chi connectivity index (χ0) is 24.6. The zero-order valence-corrected chi connectivity index (χ0v) is 18.9. The van der Waals surface area contributed by atoms with Gasteiger partial charge >= 0.3 is 0 Å². The summed E-state index contributed by atoms with van der Waals surface area (Å²) in [7, 11) is 1.57. The second-order valence-corrected chi connectivity index (χ2v) is 7.63. The smallest absolute Gasteiger partial charge is 0.255 e. The second-order valence-electron chi connectivity index (χ2n) is 7.63. The summed E-state index contributed by atoms with van der Waals surface area (Å²) < 4.78 is 18.0. The molecular weight excluding hydrogens is 451 g/mol. The third-order valence-corrected chi connectivity index (χ3v) is 5.14. The molecule has 2 N–H and O–H groups in total. The van der Waals surface area contributed by atoms with Gasteiger partial charge in [-0.05, 0) is 77.9 Å². The SMILES string of the molecule is COc1ccc(C(=O)Nc2ccc(-c3nnn(CC(=O)NCCc4ccc(F)cc4)n3)cc2)cc1. The van der Waals surface area contributed by atoms with Crippen molar-refractivity contribution in [3.63, 3.8) is 0 Å². The molecule has 0 aliphatic heterocycles. The summed E-state index contributed by atoms with van der Waals surface area (Å²) in [4.78, 5) is 25.8. The van der Waals surface area contributed by atoms with Crippen molar-refractivity contribution in [2.24, 2.45) is 0 Å². The van der Waals surface area contributed by atoms with Gasteiger partial charge in [-0.3, -0.25) is 9.59 Å². The lowest BCUT2D eigenvalue weighted by Crippen LogP contribution is -2.30. The second kappa shape index (κ2) is 11.0. The van der Waals surface area contributed by atoms with E-state index in [1.54, 1.807) is 67.8 Å². The highest BCUT2D eigenvalue weighted by atomic mass is 19.1. The lowest BCUT2D eigenvalue weighted by atomic mass is 10.1. The first-order chi connectivity index (χ1) is 17.0. The third-order valence-electron chi connectivity index (χ3n) is 5.14. The van der Waals surface area contributed by atoms with Gasteiger partial charge in [-0.2, -0.15) is 4.80 Å². The lowest BCUT2D eigenvalue weighted by Gasteiger charge is -2.06.